The molecule has 1 unspecified atom stereocenters. The fourth-order valence-corrected chi connectivity index (χ4v) is 3.58. The number of aliphatic hydroxyl groups excluding tert-OH is 1. The summed E-state index contributed by atoms with van der Waals surface area (Å²) in [7, 11) is 0. The van der Waals surface area contributed by atoms with Gasteiger partial charge in [0, 0.05) is 30.8 Å². The van der Waals surface area contributed by atoms with Crippen molar-refractivity contribution in [3.63, 3.8) is 0 Å². The number of aromatic nitrogens is 1. The van der Waals surface area contributed by atoms with Crippen LogP contribution in [-0.2, 0) is 6.54 Å². The van der Waals surface area contributed by atoms with E-state index < -0.39 is 0 Å². The lowest BCUT2D eigenvalue weighted by Crippen LogP contribution is -2.29. The van der Waals surface area contributed by atoms with Crippen LogP contribution in [0.15, 0.2) is 65.9 Å². The molecule has 0 saturated heterocycles. The Morgan fingerprint density at radius 1 is 1.14 bits per heavy atom. The van der Waals surface area contributed by atoms with Gasteiger partial charge < -0.3 is 10.4 Å². The quantitative estimate of drug-likeness (QED) is 0.677. The number of rotatable bonds is 6. The lowest BCUT2D eigenvalue weighted by Gasteiger charge is -2.19. The van der Waals surface area contributed by atoms with Gasteiger partial charge in [-0.25, -0.2) is 0 Å². The molecule has 0 fully saturated rings. The predicted octanol–water partition coefficient (Wildman–Crippen LogP) is 3.84. The van der Waals surface area contributed by atoms with Gasteiger partial charge in [0.15, 0.2) is 0 Å². The summed E-state index contributed by atoms with van der Waals surface area (Å²) >= 11 is 0. The van der Waals surface area contributed by atoms with Gasteiger partial charge in [-0.3, -0.25) is 14.8 Å². The molecule has 1 atom stereocenters. The van der Waals surface area contributed by atoms with Crippen LogP contribution in [0.1, 0.15) is 45.1 Å². The zero-order valence-electron chi connectivity index (χ0n) is 16.3. The highest BCUT2D eigenvalue weighted by molar-refractivity contribution is 5.95. The number of aliphatic imine (C=N–C) groups is 1. The number of nitrogens with one attached hydrogen (secondary N) is 1. The summed E-state index contributed by atoms with van der Waals surface area (Å²) in [5, 5.41) is 12.5. The number of pyridine rings is 1. The van der Waals surface area contributed by atoms with E-state index in [-0.39, 0.29) is 18.6 Å². The molecule has 1 aromatic heterocycles. The van der Waals surface area contributed by atoms with E-state index in [2.05, 4.69) is 27.4 Å². The Bertz CT molecular complexity index is 1080. The molecular weight excluding hydrogens is 362 g/mol. The molecule has 1 aliphatic heterocycles. The van der Waals surface area contributed by atoms with Gasteiger partial charge in [-0.15, -0.1) is 0 Å². The normalized spacial score (nSPS) is 13.2. The summed E-state index contributed by atoms with van der Waals surface area (Å²) in [5.41, 5.74) is 6.80. The van der Waals surface area contributed by atoms with Crippen LogP contribution < -0.4 is 5.32 Å². The molecular formula is C24H23N3O2. The zero-order valence-corrected chi connectivity index (χ0v) is 16.3. The fraction of sp³-hybridized carbons (Fsp3) is 0.208. The standard InChI is InChI=1S/C24H23N3O2/c1-16-3-2-4-18(9-16)23(7-8-28)27-24(29)22-11-20(13-26-15-22)17-5-6-19-12-25-14-21(19)10-17/h2-6,9-11,13-15,23,28H,7-8,12H2,1H3,(H,27,29). The average Bonchev–Trinajstić information content (AvgIpc) is 3.21. The number of benzene rings is 2. The van der Waals surface area contributed by atoms with Crippen LogP contribution in [0.2, 0.25) is 0 Å². The van der Waals surface area contributed by atoms with Gasteiger partial charge in [0.05, 0.1) is 18.2 Å². The van der Waals surface area contributed by atoms with Crippen LogP contribution in [0.5, 0.6) is 0 Å². The smallest absolute Gasteiger partial charge is 0.253 e. The molecule has 146 valence electrons. The second-order valence-corrected chi connectivity index (χ2v) is 7.30. The molecule has 2 aromatic carbocycles. The second-order valence-electron chi connectivity index (χ2n) is 7.30. The minimum Gasteiger partial charge on any atom is -0.396 e. The first-order valence-corrected chi connectivity index (χ1v) is 9.70. The summed E-state index contributed by atoms with van der Waals surface area (Å²) in [4.78, 5) is 21.5. The molecule has 4 rings (SSSR count). The number of hydrogen-bond donors (Lipinski definition) is 2. The SMILES string of the molecule is Cc1cccc(C(CCO)NC(=O)c2cncc(-c3ccc4c(c3)C=NC4)c2)c1. The molecule has 5 nitrogen and oxygen atoms in total. The fourth-order valence-electron chi connectivity index (χ4n) is 3.58. The summed E-state index contributed by atoms with van der Waals surface area (Å²) in [6, 6.07) is 15.7. The average molecular weight is 385 g/mol. The van der Waals surface area contributed by atoms with Crippen molar-refractivity contribution < 1.29 is 9.90 Å². The lowest BCUT2D eigenvalue weighted by molar-refractivity contribution is 0.0929. The van der Waals surface area contributed by atoms with E-state index in [9.17, 15) is 9.90 Å². The Morgan fingerprint density at radius 2 is 2.03 bits per heavy atom. The van der Waals surface area contributed by atoms with Crippen LogP contribution in [0.4, 0.5) is 0 Å². The number of fused-ring (bicyclic) bond motifs is 1. The van der Waals surface area contributed by atoms with Crippen molar-refractivity contribution in [2.24, 2.45) is 4.99 Å². The van der Waals surface area contributed by atoms with Gasteiger partial charge in [0.2, 0.25) is 0 Å². The van der Waals surface area contributed by atoms with Gasteiger partial charge in [0.1, 0.15) is 0 Å². The summed E-state index contributed by atoms with van der Waals surface area (Å²) < 4.78 is 0. The van der Waals surface area contributed by atoms with Gasteiger partial charge in [0.25, 0.3) is 5.91 Å². The first-order chi connectivity index (χ1) is 14.1. The van der Waals surface area contributed by atoms with Crippen LogP contribution >= 0.6 is 0 Å². The zero-order chi connectivity index (χ0) is 20.2. The van der Waals surface area contributed by atoms with E-state index >= 15 is 0 Å². The Hall–Kier alpha value is -3.31. The third-order valence-electron chi connectivity index (χ3n) is 5.14. The summed E-state index contributed by atoms with van der Waals surface area (Å²) in [5.74, 6) is -0.206. The van der Waals surface area contributed by atoms with Crippen molar-refractivity contribution in [1.29, 1.82) is 0 Å². The number of carbonyl (C=O) groups excluding carboxylic acids is 1. The minimum atomic E-state index is -0.257. The first kappa shape index (κ1) is 19.0. The van der Waals surface area contributed by atoms with Crippen molar-refractivity contribution in [1.82, 2.24) is 10.3 Å². The molecule has 1 amide bonds. The van der Waals surface area contributed by atoms with Crippen LogP contribution in [0, 0.1) is 6.92 Å². The van der Waals surface area contributed by atoms with Crippen LogP contribution in [0.3, 0.4) is 0 Å². The molecule has 1 aliphatic rings. The van der Waals surface area contributed by atoms with E-state index in [1.54, 1.807) is 12.4 Å². The Morgan fingerprint density at radius 3 is 2.86 bits per heavy atom. The number of nitrogens with zero attached hydrogens (tertiary/aromatic N) is 2. The van der Waals surface area contributed by atoms with Gasteiger partial charge in [-0.2, -0.15) is 0 Å². The Labute approximate surface area is 170 Å². The molecule has 5 heteroatoms. The van der Waals surface area contributed by atoms with E-state index in [1.807, 2.05) is 49.5 Å². The molecule has 0 spiro atoms. The van der Waals surface area contributed by atoms with Crippen LogP contribution in [-0.4, -0.2) is 28.8 Å². The highest BCUT2D eigenvalue weighted by atomic mass is 16.3. The lowest BCUT2D eigenvalue weighted by atomic mass is 10.00. The molecule has 0 bridgehead atoms. The first-order valence-electron chi connectivity index (χ1n) is 9.70. The van der Waals surface area contributed by atoms with E-state index in [4.69, 9.17) is 0 Å². The van der Waals surface area contributed by atoms with E-state index in [1.165, 1.54) is 5.56 Å². The van der Waals surface area contributed by atoms with Crippen LogP contribution in [0.25, 0.3) is 11.1 Å². The monoisotopic (exact) mass is 385 g/mol. The molecule has 0 saturated carbocycles. The van der Waals surface area contributed by atoms with E-state index in [0.717, 1.165) is 34.4 Å². The maximum absolute atomic E-state index is 12.9. The van der Waals surface area contributed by atoms with Gasteiger partial charge in [-0.1, -0.05) is 42.0 Å². The molecule has 0 aliphatic carbocycles. The molecule has 0 radical (unpaired) electrons. The number of aryl methyl sites for hydroxylation is 1. The number of carbonyl (C=O) groups is 1. The maximum atomic E-state index is 12.9. The van der Waals surface area contributed by atoms with Crippen molar-refractivity contribution in [2.75, 3.05) is 6.61 Å². The van der Waals surface area contributed by atoms with Crippen molar-refractivity contribution >= 4 is 12.1 Å². The highest BCUT2D eigenvalue weighted by Gasteiger charge is 2.17. The Kier molecular flexibility index (Phi) is 5.49. The van der Waals surface area contributed by atoms with Crippen molar-refractivity contribution in [3.05, 3.63) is 88.7 Å². The van der Waals surface area contributed by atoms with Gasteiger partial charge >= 0.3 is 0 Å². The van der Waals surface area contributed by atoms with Crippen molar-refractivity contribution in [2.45, 2.75) is 25.9 Å². The molecule has 2 N–H and O–H groups in total. The molecule has 29 heavy (non-hydrogen) atoms. The number of aliphatic hydroxyl groups is 1. The minimum absolute atomic E-state index is 0.00609. The number of hydrogen-bond acceptors (Lipinski definition) is 4. The highest BCUT2D eigenvalue weighted by Crippen LogP contribution is 2.25. The number of amides is 1. The van der Waals surface area contributed by atoms with Crippen molar-refractivity contribution in [3.8, 4) is 11.1 Å². The topological polar surface area (TPSA) is 74.6 Å². The third kappa shape index (κ3) is 4.25. The van der Waals surface area contributed by atoms with Gasteiger partial charge in [-0.05, 0) is 47.7 Å². The molecule has 2 heterocycles. The second kappa shape index (κ2) is 8.37. The Balaban J connectivity index is 1.57. The third-order valence-corrected chi connectivity index (χ3v) is 5.14. The summed E-state index contributed by atoms with van der Waals surface area (Å²) in [6.45, 7) is 2.73. The van der Waals surface area contributed by atoms with E-state index in [0.29, 0.717) is 12.0 Å². The largest absolute Gasteiger partial charge is 0.396 e. The molecule has 3 aromatic rings. The predicted molar refractivity (Wildman–Crippen MR) is 114 cm³/mol. The maximum Gasteiger partial charge on any atom is 0.253 e. The summed E-state index contributed by atoms with van der Waals surface area (Å²) in [6.07, 6.45) is 5.66.